The molecule has 1 aliphatic heterocycles. The fourth-order valence-corrected chi connectivity index (χ4v) is 4.77. The molecular formula is C14H16N2S. The van der Waals surface area contributed by atoms with Crippen LogP contribution in [0.4, 0.5) is 0 Å². The summed E-state index contributed by atoms with van der Waals surface area (Å²) in [6.07, 6.45) is 4.01. The number of benzene rings is 1. The molecule has 1 saturated carbocycles. The molecule has 2 fully saturated rings. The Morgan fingerprint density at radius 1 is 1.41 bits per heavy atom. The van der Waals surface area contributed by atoms with Crippen molar-refractivity contribution in [2.24, 2.45) is 0 Å². The summed E-state index contributed by atoms with van der Waals surface area (Å²) < 4.78 is 1.34. The quantitative estimate of drug-likeness (QED) is 0.766. The fraction of sp³-hybridized carbons (Fsp3) is 0.500. The Labute approximate surface area is 105 Å². The number of likely N-dealkylation sites (N-methyl/N-ethyl adjacent to an activating group) is 1. The maximum Gasteiger partial charge on any atom is 0.101 e. The highest BCUT2D eigenvalue weighted by Gasteiger charge is 2.50. The third-order valence-corrected chi connectivity index (χ3v) is 5.79. The van der Waals surface area contributed by atoms with Gasteiger partial charge in [-0.3, -0.25) is 0 Å². The molecule has 2 aromatic rings. The molecule has 4 rings (SSSR count). The van der Waals surface area contributed by atoms with Crippen LogP contribution in [-0.2, 0) is 5.41 Å². The van der Waals surface area contributed by atoms with Gasteiger partial charge in [0.05, 0.1) is 10.2 Å². The molecule has 0 radical (unpaired) electrons. The number of likely N-dealkylation sites (tertiary alicyclic amines) is 1. The second-order valence-corrected chi connectivity index (χ2v) is 6.61. The molecule has 2 atom stereocenters. The number of para-hydroxylation sites is 1. The van der Waals surface area contributed by atoms with Crippen LogP contribution >= 0.6 is 11.3 Å². The molecule has 2 unspecified atom stereocenters. The zero-order valence-corrected chi connectivity index (χ0v) is 10.8. The normalized spacial score (nSPS) is 32.6. The standard InChI is InChI=1S/C14H16N2S/c1-16-9-14(7-6-10(16)8-14)13-15-11-4-2-3-5-12(11)17-13/h2-5,10H,6-9H2,1H3. The maximum absolute atomic E-state index is 4.89. The number of rotatable bonds is 1. The van der Waals surface area contributed by atoms with Crippen LogP contribution < -0.4 is 0 Å². The number of thiazole rings is 1. The number of piperidine rings is 1. The minimum absolute atomic E-state index is 0.378. The first-order valence-corrected chi connectivity index (χ1v) is 7.15. The van der Waals surface area contributed by atoms with Crippen molar-refractivity contribution < 1.29 is 0 Å². The minimum Gasteiger partial charge on any atom is -0.302 e. The van der Waals surface area contributed by atoms with Gasteiger partial charge in [0.1, 0.15) is 5.01 Å². The van der Waals surface area contributed by atoms with E-state index in [0.717, 1.165) is 6.04 Å². The van der Waals surface area contributed by atoms with E-state index in [1.807, 2.05) is 11.3 Å². The van der Waals surface area contributed by atoms with Gasteiger partial charge in [0.25, 0.3) is 0 Å². The van der Waals surface area contributed by atoms with Crippen molar-refractivity contribution in [3.05, 3.63) is 29.3 Å². The van der Waals surface area contributed by atoms with Gasteiger partial charge in [-0.05, 0) is 38.4 Å². The number of nitrogens with zero attached hydrogens (tertiary/aromatic N) is 2. The summed E-state index contributed by atoms with van der Waals surface area (Å²) in [5, 5.41) is 1.38. The molecule has 2 heterocycles. The molecule has 0 N–H and O–H groups in total. The molecular weight excluding hydrogens is 228 g/mol. The molecule has 0 spiro atoms. The lowest BCUT2D eigenvalue weighted by atomic mass is 9.88. The smallest absolute Gasteiger partial charge is 0.101 e. The van der Waals surface area contributed by atoms with Crippen molar-refractivity contribution in [1.82, 2.24) is 9.88 Å². The fourth-order valence-electron chi connectivity index (χ4n) is 3.59. The van der Waals surface area contributed by atoms with Crippen molar-refractivity contribution in [3.63, 3.8) is 0 Å². The van der Waals surface area contributed by atoms with E-state index >= 15 is 0 Å². The number of fused-ring (bicyclic) bond motifs is 3. The SMILES string of the molecule is CN1CC2(c3nc4ccccc4s3)CCC1C2. The molecule has 0 amide bonds. The zero-order valence-electron chi connectivity index (χ0n) is 10.0. The topological polar surface area (TPSA) is 16.1 Å². The summed E-state index contributed by atoms with van der Waals surface area (Å²) in [7, 11) is 2.26. The minimum atomic E-state index is 0.378. The Morgan fingerprint density at radius 3 is 3.00 bits per heavy atom. The van der Waals surface area contributed by atoms with Gasteiger partial charge in [0.15, 0.2) is 0 Å². The summed E-state index contributed by atoms with van der Waals surface area (Å²) in [6, 6.07) is 9.33. The predicted molar refractivity (Wildman–Crippen MR) is 71.6 cm³/mol. The molecule has 3 heteroatoms. The highest BCUT2D eigenvalue weighted by Crippen LogP contribution is 2.50. The van der Waals surface area contributed by atoms with Gasteiger partial charge in [0, 0.05) is 18.0 Å². The third kappa shape index (κ3) is 1.33. The van der Waals surface area contributed by atoms with Crippen LogP contribution in [0.1, 0.15) is 24.3 Å². The van der Waals surface area contributed by atoms with Crippen LogP contribution in [0.5, 0.6) is 0 Å². The highest BCUT2D eigenvalue weighted by molar-refractivity contribution is 7.18. The lowest BCUT2D eigenvalue weighted by molar-refractivity contribution is 0.246. The van der Waals surface area contributed by atoms with Gasteiger partial charge in [0.2, 0.25) is 0 Å². The van der Waals surface area contributed by atoms with Gasteiger partial charge in [-0.1, -0.05) is 12.1 Å². The molecule has 1 aromatic carbocycles. The number of aromatic nitrogens is 1. The van der Waals surface area contributed by atoms with E-state index in [4.69, 9.17) is 4.98 Å². The predicted octanol–water partition coefficient (Wildman–Crippen LogP) is 3.03. The highest BCUT2D eigenvalue weighted by atomic mass is 32.1. The zero-order chi connectivity index (χ0) is 11.5. The molecule has 1 aromatic heterocycles. The molecule has 2 nitrogen and oxygen atoms in total. The van der Waals surface area contributed by atoms with Gasteiger partial charge in [-0.2, -0.15) is 0 Å². The summed E-state index contributed by atoms with van der Waals surface area (Å²) in [5.41, 5.74) is 1.56. The van der Waals surface area contributed by atoms with E-state index in [2.05, 4.69) is 36.2 Å². The first-order valence-electron chi connectivity index (χ1n) is 6.33. The second-order valence-electron chi connectivity index (χ2n) is 5.58. The maximum atomic E-state index is 4.89. The molecule has 1 saturated heterocycles. The second kappa shape index (κ2) is 3.30. The monoisotopic (exact) mass is 244 g/mol. The van der Waals surface area contributed by atoms with E-state index in [1.165, 1.54) is 41.0 Å². The van der Waals surface area contributed by atoms with Crippen LogP contribution in [0.2, 0.25) is 0 Å². The van der Waals surface area contributed by atoms with Crippen LogP contribution in [0, 0.1) is 0 Å². The Hall–Kier alpha value is -0.930. The van der Waals surface area contributed by atoms with Crippen LogP contribution in [0.3, 0.4) is 0 Å². The Balaban J connectivity index is 1.84. The van der Waals surface area contributed by atoms with Crippen molar-refractivity contribution in [3.8, 4) is 0 Å². The third-order valence-electron chi connectivity index (χ3n) is 4.51. The van der Waals surface area contributed by atoms with Crippen LogP contribution in [-0.4, -0.2) is 29.5 Å². The average Bonchev–Trinajstić information content (AvgIpc) is 3.00. The van der Waals surface area contributed by atoms with E-state index in [-0.39, 0.29) is 0 Å². The largest absolute Gasteiger partial charge is 0.302 e. The first kappa shape index (κ1) is 10.0. The molecule has 2 aliphatic rings. The Kier molecular flexibility index (Phi) is 1.95. The van der Waals surface area contributed by atoms with E-state index in [0.29, 0.717) is 5.41 Å². The van der Waals surface area contributed by atoms with Gasteiger partial charge < -0.3 is 4.90 Å². The Bertz CT molecular complexity index is 539. The van der Waals surface area contributed by atoms with Crippen molar-refractivity contribution in [2.75, 3.05) is 13.6 Å². The summed E-state index contributed by atoms with van der Waals surface area (Å²) in [5.74, 6) is 0. The van der Waals surface area contributed by atoms with Gasteiger partial charge >= 0.3 is 0 Å². The lowest BCUT2D eigenvalue weighted by Crippen LogP contribution is -2.34. The van der Waals surface area contributed by atoms with Crippen molar-refractivity contribution in [2.45, 2.75) is 30.7 Å². The van der Waals surface area contributed by atoms with Crippen LogP contribution in [0.15, 0.2) is 24.3 Å². The molecule has 2 bridgehead atoms. The number of hydrogen-bond donors (Lipinski definition) is 0. The summed E-state index contributed by atoms with van der Waals surface area (Å²) in [6.45, 7) is 1.21. The van der Waals surface area contributed by atoms with Crippen LogP contribution in [0.25, 0.3) is 10.2 Å². The van der Waals surface area contributed by atoms with Crippen molar-refractivity contribution in [1.29, 1.82) is 0 Å². The van der Waals surface area contributed by atoms with Crippen molar-refractivity contribution >= 4 is 21.6 Å². The Morgan fingerprint density at radius 2 is 2.29 bits per heavy atom. The molecule has 1 aliphatic carbocycles. The van der Waals surface area contributed by atoms with Gasteiger partial charge in [-0.15, -0.1) is 11.3 Å². The lowest BCUT2D eigenvalue weighted by Gasteiger charge is -2.28. The first-order chi connectivity index (χ1) is 8.27. The van der Waals surface area contributed by atoms with E-state index in [1.54, 1.807) is 0 Å². The summed E-state index contributed by atoms with van der Waals surface area (Å²) in [4.78, 5) is 7.41. The van der Waals surface area contributed by atoms with E-state index < -0.39 is 0 Å². The molecule has 88 valence electrons. The van der Waals surface area contributed by atoms with E-state index in [9.17, 15) is 0 Å². The summed E-state index contributed by atoms with van der Waals surface area (Å²) >= 11 is 1.91. The number of hydrogen-bond acceptors (Lipinski definition) is 3. The molecule has 17 heavy (non-hydrogen) atoms. The average molecular weight is 244 g/mol. The van der Waals surface area contributed by atoms with Gasteiger partial charge in [-0.25, -0.2) is 4.98 Å².